The molecule has 0 saturated carbocycles. The van der Waals surface area contributed by atoms with Crippen molar-refractivity contribution in [3.05, 3.63) is 54.4 Å². The second-order valence-electron chi connectivity index (χ2n) is 7.52. The van der Waals surface area contributed by atoms with Gasteiger partial charge >= 0.3 is 0 Å². The van der Waals surface area contributed by atoms with Crippen LogP contribution in [0.2, 0.25) is 0 Å². The molecule has 0 radical (unpaired) electrons. The lowest BCUT2D eigenvalue weighted by atomic mass is 10.2. The van der Waals surface area contributed by atoms with E-state index in [-0.39, 0.29) is 12.4 Å². The second kappa shape index (κ2) is 7.50. The van der Waals surface area contributed by atoms with Gasteiger partial charge < -0.3 is 14.2 Å². The molecule has 7 nitrogen and oxygen atoms in total. The van der Waals surface area contributed by atoms with Crippen LogP contribution in [0.5, 0.6) is 5.88 Å². The molecule has 1 N–H and O–H groups in total. The Bertz CT molecular complexity index is 1230. The van der Waals surface area contributed by atoms with Gasteiger partial charge in [0, 0.05) is 11.9 Å². The summed E-state index contributed by atoms with van der Waals surface area (Å²) in [5.41, 5.74) is 2.91. The first-order chi connectivity index (χ1) is 14.0. The van der Waals surface area contributed by atoms with E-state index in [1.54, 1.807) is 0 Å². The summed E-state index contributed by atoms with van der Waals surface area (Å²) in [6.07, 6.45) is 0. The van der Waals surface area contributed by atoms with Gasteiger partial charge in [-0.05, 0) is 31.0 Å². The number of imidazole rings is 1. The predicted molar refractivity (Wildman–Crippen MR) is 112 cm³/mol. The lowest BCUT2D eigenvalue weighted by Crippen LogP contribution is -2.08. The Morgan fingerprint density at radius 3 is 2.52 bits per heavy atom. The maximum Gasteiger partial charge on any atom is 0.284 e. The summed E-state index contributed by atoms with van der Waals surface area (Å²) in [5.74, 6) is 0.712. The molecule has 0 aliphatic heterocycles. The van der Waals surface area contributed by atoms with E-state index in [0.717, 1.165) is 27.8 Å². The van der Waals surface area contributed by atoms with Crippen LogP contribution in [0.1, 0.15) is 19.7 Å². The normalized spacial score (nSPS) is 12.0. The number of hydrogen-bond donors (Lipinski definition) is 1. The number of azo groups is 1. The molecule has 0 bridgehead atoms. The van der Waals surface area contributed by atoms with Crippen molar-refractivity contribution in [1.29, 1.82) is 0 Å². The van der Waals surface area contributed by atoms with Gasteiger partial charge in [0.2, 0.25) is 5.88 Å². The molecule has 0 atom stereocenters. The lowest BCUT2D eigenvalue weighted by Gasteiger charge is -2.09. The number of para-hydroxylation sites is 3. The zero-order chi connectivity index (χ0) is 20.5. The van der Waals surface area contributed by atoms with Crippen molar-refractivity contribution in [3.63, 3.8) is 0 Å². The zero-order valence-electron chi connectivity index (χ0n) is 16.7. The van der Waals surface area contributed by atoms with Gasteiger partial charge in [-0.15, -0.1) is 10.2 Å². The third-order valence-electron chi connectivity index (χ3n) is 4.87. The fourth-order valence-electron chi connectivity index (χ4n) is 3.59. The number of aryl methyl sites for hydroxylation is 1. The largest absolute Gasteiger partial charge is 0.493 e. The summed E-state index contributed by atoms with van der Waals surface area (Å²) in [6.45, 7) is 6.71. The summed E-state index contributed by atoms with van der Waals surface area (Å²) in [4.78, 5) is 17.0. The van der Waals surface area contributed by atoms with Gasteiger partial charge in [0.05, 0.1) is 16.6 Å². The molecule has 0 spiro atoms. The highest BCUT2D eigenvalue weighted by atomic mass is 16.3. The quantitative estimate of drug-likeness (QED) is 0.489. The van der Waals surface area contributed by atoms with Gasteiger partial charge in [-0.3, -0.25) is 4.79 Å². The predicted octanol–water partition coefficient (Wildman–Crippen LogP) is 4.97. The third kappa shape index (κ3) is 3.51. The first kappa shape index (κ1) is 18.9. The standard InChI is InChI=1S/C22H23N5O2/c1-14(2)12-27-18-10-6-4-8-16(18)21(22(27)29)25-24-20(28)13-26-15(3)23-17-9-5-7-11-19(17)26/h4-11,14,29H,12-13H2,1-3H3. The van der Waals surface area contributed by atoms with E-state index in [9.17, 15) is 9.90 Å². The summed E-state index contributed by atoms with van der Waals surface area (Å²) in [6, 6.07) is 15.2. The highest BCUT2D eigenvalue weighted by molar-refractivity contribution is 5.95. The molecule has 0 aliphatic carbocycles. The van der Waals surface area contributed by atoms with E-state index < -0.39 is 5.91 Å². The molecule has 2 aromatic carbocycles. The molecule has 148 valence electrons. The van der Waals surface area contributed by atoms with Gasteiger partial charge in [0.15, 0.2) is 5.69 Å². The maximum absolute atomic E-state index is 12.5. The molecule has 2 aromatic heterocycles. The Kier molecular flexibility index (Phi) is 4.88. The van der Waals surface area contributed by atoms with E-state index in [0.29, 0.717) is 18.2 Å². The number of carbonyl (C=O) groups is 1. The summed E-state index contributed by atoms with van der Waals surface area (Å²) in [5, 5.41) is 19.5. The molecule has 0 unspecified atom stereocenters. The third-order valence-corrected chi connectivity index (χ3v) is 4.87. The van der Waals surface area contributed by atoms with E-state index in [1.165, 1.54) is 0 Å². The van der Waals surface area contributed by atoms with Gasteiger partial charge in [-0.1, -0.05) is 44.2 Å². The Hall–Kier alpha value is -3.48. The highest BCUT2D eigenvalue weighted by Crippen LogP contribution is 2.39. The number of nitrogens with zero attached hydrogens (tertiary/aromatic N) is 5. The smallest absolute Gasteiger partial charge is 0.284 e. The first-order valence-electron chi connectivity index (χ1n) is 9.62. The van der Waals surface area contributed by atoms with Crippen LogP contribution in [0.4, 0.5) is 5.69 Å². The van der Waals surface area contributed by atoms with Gasteiger partial charge in [-0.2, -0.15) is 0 Å². The molecular formula is C22H23N5O2. The number of rotatable bonds is 5. The van der Waals surface area contributed by atoms with Gasteiger partial charge in [0.25, 0.3) is 5.91 Å². The lowest BCUT2D eigenvalue weighted by molar-refractivity contribution is -0.118. The number of carbonyl (C=O) groups excluding carboxylic acids is 1. The van der Waals surface area contributed by atoms with Crippen molar-refractivity contribution in [1.82, 2.24) is 14.1 Å². The average Bonchev–Trinajstić information content (AvgIpc) is 3.14. The minimum absolute atomic E-state index is 0.0284. The molecule has 0 aliphatic rings. The maximum atomic E-state index is 12.5. The first-order valence-corrected chi connectivity index (χ1v) is 9.62. The van der Waals surface area contributed by atoms with Crippen LogP contribution in [0.25, 0.3) is 21.9 Å². The second-order valence-corrected chi connectivity index (χ2v) is 7.52. The minimum atomic E-state index is -0.406. The summed E-state index contributed by atoms with van der Waals surface area (Å²) in [7, 11) is 0. The van der Waals surface area contributed by atoms with Crippen LogP contribution in [-0.2, 0) is 17.9 Å². The van der Waals surface area contributed by atoms with Crippen molar-refractivity contribution in [3.8, 4) is 5.88 Å². The molecule has 4 aromatic rings. The van der Waals surface area contributed by atoms with Crippen molar-refractivity contribution >= 4 is 33.5 Å². The number of aromatic hydroxyl groups is 1. The SMILES string of the molecule is Cc1nc2ccccc2n1CC(=O)N=Nc1c(O)n(CC(C)C)c2ccccc12. The molecule has 4 rings (SSSR count). The minimum Gasteiger partial charge on any atom is -0.493 e. The number of fused-ring (bicyclic) bond motifs is 2. The van der Waals surface area contributed by atoms with Crippen molar-refractivity contribution in [2.75, 3.05) is 0 Å². The average molecular weight is 389 g/mol. The molecule has 29 heavy (non-hydrogen) atoms. The fourth-order valence-corrected chi connectivity index (χ4v) is 3.59. The van der Waals surface area contributed by atoms with Gasteiger partial charge in [-0.25, -0.2) is 4.98 Å². The molecule has 0 fully saturated rings. The van der Waals surface area contributed by atoms with E-state index in [1.807, 2.05) is 64.6 Å². The Balaban J connectivity index is 1.65. The van der Waals surface area contributed by atoms with Crippen LogP contribution >= 0.6 is 0 Å². The van der Waals surface area contributed by atoms with Crippen molar-refractivity contribution in [2.45, 2.75) is 33.9 Å². The Morgan fingerprint density at radius 1 is 1.07 bits per heavy atom. The van der Waals surface area contributed by atoms with Crippen LogP contribution in [0, 0.1) is 12.8 Å². The molecule has 7 heteroatoms. The van der Waals surface area contributed by atoms with E-state index in [4.69, 9.17) is 0 Å². The zero-order valence-corrected chi connectivity index (χ0v) is 16.7. The number of benzene rings is 2. The van der Waals surface area contributed by atoms with Crippen molar-refractivity contribution < 1.29 is 9.90 Å². The number of amides is 1. The topological polar surface area (TPSA) is 84.8 Å². The Labute approximate surface area is 168 Å². The van der Waals surface area contributed by atoms with Crippen LogP contribution < -0.4 is 0 Å². The molecular weight excluding hydrogens is 366 g/mol. The summed E-state index contributed by atoms with van der Waals surface area (Å²) >= 11 is 0. The number of hydrogen-bond acceptors (Lipinski definition) is 4. The molecule has 2 heterocycles. The molecule has 0 saturated heterocycles. The van der Waals surface area contributed by atoms with Crippen LogP contribution in [0.15, 0.2) is 58.8 Å². The Morgan fingerprint density at radius 2 is 1.76 bits per heavy atom. The van der Waals surface area contributed by atoms with Crippen LogP contribution in [0.3, 0.4) is 0 Å². The highest BCUT2D eigenvalue weighted by Gasteiger charge is 2.17. The fraction of sp³-hybridized carbons (Fsp3) is 0.273. The summed E-state index contributed by atoms with van der Waals surface area (Å²) < 4.78 is 3.63. The number of aromatic nitrogens is 3. The monoisotopic (exact) mass is 389 g/mol. The van der Waals surface area contributed by atoms with E-state index >= 15 is 0 Å². The van der Waals surface area contributed by atoms with Crippen molar-refractivity contribution in [2.24, 2.45) is 16.1 Å². The van der Waals surface area contributed by atoms with Crippen LogP contribution in [-0.4, -0.2) is 25.1 Å². The van der Waals surface area contributed by atoms with E-state index in [2.05, 4.69) is 29.1 Å². The molecule has 1 amide bonds. The van der Waals surface area contributed by atoms with Gasteiger partial charge in [0.1, 0.15) is 12.4 Å².